The van der Waals surface area contributed by atoms with Gasteiger partial charge >= 0.3 is 0 Å². The molecule has 0 unspecified atom stereocenters. The summed E-state index contributed by atoms with van der Waals surface area (Å²) in [6, 6.07) is 3.94. The summed E-state index contributed by atoms with van der Waals surface area (Å²) in [5.74, 6) is 7.52. The summed E-state index contributed by atoms with van der Waals surface area (Å²) in [6.45, 7) is 4.24. The average Bonchev–Trinajstić information content (AvgIpc) is 2.96. The van der Waals surface area contributed by atoms with Gasteiger partial charge in [0.2, 0.25) is 0 Å². The topological polar surface area (TPSA) is 70.8 Å². The van der Waals surface area contributed by atoms with Gasteiger partial charge < -0.3 is 18.4 Å². The minimum Gasteiger partial charge on any atom is -0.492 e. The number of hydrogen-bond acceptors (Lipinski definition) is 5. The monoisotopic (exact) mass is 275 g/mol. The molecule has 0 atom stereocenters. The largest absolute Gasteiger partial charge is 0.492 e. The second kappa shape index (κ2) is 4.85. The highest BCUT2D eigenvalue weighted by molar-refractivity contribution is 6.04. The Morgan fingerprint density at radius 2 is 1.70 bits per heavy atom. The Kier molecular flexibility index (Phi) is 3.16. The van der Waals surface area contributed by atoms with Gasteiger partial charge in [-0.05, 0) is 26.0 Å². The summed E-state index contributed by atoms with van der Waals surface area (Å²) >= 11 is 0. The molecule has 1 aromatic carbocycles. The molecule has 0 aliphatic rings. The van der Waals surface area contributed by atoms with E-state index < -0.39 is 0 Å². The molecule has 0 saturated carbocycles. The van der Waals surface area contributed by atoms with Gasteiger partial charge in [-0.1, -0.05) is 0 Å². The van der Waals surface area contributed by atoms with Crippen molar-refractivity contribution in [1.82, 2.24) is 0 Å². The van der Waals surface area contributed by atoms with Crippen LogP contribution in [0.15, 0.2) is 21.0 Å². The molecule has 0 amide bonds. The molecule has 0 fully saturated rings. The highest BCUT2D eigenvalue weighted by Crippen LogP contribution is 2.41. The van der Waals surface area contributed by atoms with Gasteiger partial charge in [-0.2, -0.15) is 0 Å². The van der Waals surface area contributed by atoms with E-state index in [0.717, 1.165) is 39.0 Å². The number of benzene rings is 1. The van der Waals surface area contributed by atoms with Gasteiger partial charge in [-0.15, -0.1) is 0 Å². The highest BCUT2D eigenvalue weighted by atomic mass is 16.6. The molecule has 2 aromatic heterocycles. The summed E-state index contributed by atoms with van der Waals surface area (Å²) in [4.78, 5) is 4.71. The van der Waals surface area contributed by atoms with Crippen molar-refractivity contribution in [1.29, 1.82) is 0 Å². The van der Waals surface area contributed by atoms with Crippen molar-refractivity contribution in [3.63, 3.8) is 0 Å². The van der Waals surface area contributed by atoms with Crippen LogP contribution in [0.4, 0.5) is 0 Å². The van der Waals surface area contributed by atoms with E-state index in [2.05, 4.69) is 0 Å². The Bertz CT molecular complexity index is 711. The van der Waals surface area contributed by atoms with Crippen LogP contribution in [0.25, 0.3) is 21.9 Å². The SMILES string of the molecule is COc1c2cc(C)oc2c(CCON)c2cc(C)oc12. The Balaban J connectivity index is 2.41. The lowest BCUT2D eigenvalue weighted by Crippen LogP contribution is -2.04. The number of rotatable bonds is 4. The zero-order chi connectivity index (χ0) is 14.3. The summed E-state index contributed by atoms with van der Waals surface area (Å²) < 4.78 is 17.1. The molecule has 5 nitrogen and oxygen atoms in total. The first-order chi connectivity index (χ1) is 9.65. The van der Waals surface area contributed by atoms with Gasteiger partial charge in [0.05, 0.1) is 19.1 Å². The van der Waals surface area contributed by atoms with Crippen LogP contribution in [-0.2, 0) is 11.3 Å². The van der Waals surface area contributed by atoms with Crippen molar-refractivity contribution in [3.8, 4) is 5.75 Å². The van der Waals surface area contributed by atoms with Crippen LogP contribution in [-0.4, -0.2) is 13.7 Å². The van der Waals surface area contributed by atoms with Gasteiger partial charge in [0, 0.05) is 17.4 Å². The summed E-state index contributed by atoms with van der Waals surface area (Å²) in [5, 5.41) is 1.90. The van der Waals surface area contributed by atoms with Crippen LogP contribution >= 0.6 is 0 Å². The fourth-order valence-electron chi connectivity index (χ4n) is 2.67. The second-order valence-electron chi connectivity index (χ2n) is 4.83. The van der Waals surface area contributed by atoms with E-state index in [4.69, 9.17) is 24.3 Å². The number of nitrogens with two attached hydrogens (primary N) is 1. The number of hydrogen-bond donors (Lipinski definition) is 1. The van der Waals surface area contributed by atoms with Crippen LogP contribution in [0.2, 0.25) is 0 Å². The number of furan rings is 2. The van der Waals surface area contributed by atoms with Gasteiger partial charge in [-0.3, -0.25) is 0 Å². The number of aryl methyl sites for hydroxylation is 2. The van der Waals surface area contributed by atoms with E-state index in [1.54, 1.807) is 7.11 Å². The first kappa shape index (κ1) is 13.0. The molecular weight excluding hydrogens is 258 g/mol. The van der Waals surface area contributed by atoms with Crippen LogP contribution < -0.4 is 10.6 Å². The predicted molar refractivity (Wildman–Crippen MR) is 75.9 cm³/mol. The van der Waals surface area contributed by atoms with E-state index in [1.165, 1.54) is 0 Å². The minimum absolute atomic E-state index is 0.417. The van der Waals surface area contributed by atoms with Crippen molar-refractivity contribution < 1.29 is 18.4 Å². The molecule has 5 heteroatoms. The van der Waals surface area contributed by atoms with Crippen molar-refractivity contribution in [2.75, 3.05) is 13.7 Å². The molecule has 0 aliphatic carbocycles. The van der Waals surface area contributed by atoms with Crippen LogP contribution in [0, 0.1) is 13.8 Å². The highest BCUT2D eigenvalue weighted by Gasteiger charge is 2.21. The average molecular weight is 275 g/mol. The van der Waals surface area contributed by atoms with Gasteiger partial charge in [0.1, 0.15) is 17.1 Å². The minimum atomic E-state index is 0.417. The third kappa shape index (κ3) is 1.87. The molecule has 20 heavy (non-hydrogen) atoms. The lowest BCUT2D eigenvalue weighted by molar-refractivity contribution is 0.141. The molecule has 0 radical (unpaired) electrons. The molecule has 0 bridgehead atoms. The fourth-order valence-corrected chi connectivity index (χ4v) is 2.67. The third-order valence-electron chi connectivity index (χ3n) is 3.43. The maximum absolute atomic E-state index is 5.84. The van der Waals surface area contributed by atoms with Crippen molar-refractivity contribution in [3.05, 3.63) is 29.2 Å². The molecule has 0 spiro atoms. The first-order valence-electron chi connectivity index (χ1n) is 6.46. The lowest BCUT2D eigenvalue weighted by atomic mass is 10.0. The normalized spacial score (nSPS) is 11.6. The summed E-state index contributed by atoms with van der Waals surface area (Å²) in [6.07, 6.45) is 0.652. The summed E-state index contributed by atoms with van der Waals surface area (Å²) in [5.41, 5.74) is 2.58. The van der Waals surface area contributed by atoms with Crippen molar-refractivity contribution in [2.24, 2.45) is 5.90 Å². The van der Waals surface area contributed by atoms with Gasteiger partial charge in [-0.25, -0.2) is 5.90 Å². The fraction of sp³-hybridized carbons (Fsp3) is 0.333. The first-order valence-corrected chi connectivity index (χ1v) is 6.46. The van der Waals surface area contributed by atoms with Crippen LogP contribution in [0.1, 0.15) is 17.1 Å². The molecule has 2 heterocycles. The standard InChI is InChI=1S/C15H17NO4/c1-8-6-11-10(4-5-18-16)13-12(7-9(2)19-13)14(17-3)15(11)20-8/h6-7H,4-5,16H2,1-3H3. The molecule has 2 N–H and O–H groups in total. The van der Waals surface area contributed by atoms with E-state index in [1.807, 2.05) is 26.0 Å². The molecule has 3 aromatic rings. The Labute approximate surface area is 116 Å². The number of fused-ring (bicyclic) bond motifs is 2. The zero-order valence-electron chi connectivity index (χ0n) is 11.8. The van der Waals surface area contributed by atoms with Gasteiger partial charge in [0.25, 0.3) is 0 Å². The summed E-state index contributed by atoms with van der Waals surface area (Å²) in [7, 11) is 1.64. The molecule has 3 rings (SSSR count). The smallest absolute Gasteiger partial charge is 0.177 e. The molecule has 0 aliphatic heterocycles. The quantitative estimate of drug-likeness (QED) is 0.740. The van der Waals surface area contributed by atoms with Crippen molar-refractivity contribution in [2.45, 2.75) is 20.3 Å². The molecule has 106 valence electrons. The van der Waals surface area contributed by atoms with Crippen molar-refractivity contribution >= 4 is 21.9 Å². The Morgan fingerprint density at radius 1 is 1.05 bits per heavy atom. The second-order valence-corrected chi connectivity index (χ2v) is 4.83. The van der Waals surface area contributed by atoms with E-state index >= 15 is 0 Å². The number of methoxy groups -OCH3 is 1. The molecule has 0 saturated heterocycles. The molecular formula is C15H17NO4. The Hall–Kier alpha value is -1.98. The number of ether oxygens (including phenoxy) is 1. The lowest BCUT2D eigenvalue weighted by Gasteiger charge is -2.07. The predicted octanol–water partition coefficient (Wildman–Crippen LogP) is 3.24. The van der Waals surface area contributed by atoms with E-state index in [0.29, 0.717) is 18.8 Å². The van der Waals surface area contributed by atoms with Gasteiger partial charge in [0.15, 0.2) is 11.3 Å². The zero-order valence-corrected chi connectivity index (χ0v) is 11.8. The van der Waals surface area contributed by atoms with E-state index in [9.17, 15) is 0 Å². The van der Waals surface area contributed by atoms with Crippen LogP contribution in [0.3, 0.4) is 0 Å². The maximum Gasteiger partial charge on any atom is 0.177 e. The van der Waals surface area contributed by atoms with E-state index in [-0.39, 0.29) is 0 Å². The Morgan fingerprint density at radius 3 is 2.35 bits per heavy atom. The maximum atomic E-state index is 5.84. The third-order valence-corrected chi connectivity index (χ3v) is 3.43. The van der Waals surface area contributed by atoms with Crippen LogP contribution in [0.5, 0.6) is 5.75 Å².